The van der Waals surface area contributed by atoms with Gasteiger partial charge in [-0.25, -0.2) is 0 Å². The number of aliphatic imine (C=N–C) groups is 1. The molecular formula is C10H17N3S. The second-order valence-corrected chi connectivity index (χ2v) is 4.56. The first-order valence-corrected chi connectivity index (χ1v) is 6.22. The Morgan fingerprint density at radius 3 is 2.71 bits per heavy atom. The number of rotatable bonds is 3. The van der Waals surface area contributed by atoms with Gasteiger partial charge in [0.2, 0.25) is 0 Å². The van der Waals surface area contributed by atoms with Crippen LogP contribution in [0.25, 0.3) is 0 Å². The molecule has 0 atom stereocenters. The number of thioether (sulfide) groups is 1. The maximum Gasteiger partial charge on any atom is 0.183 e. The summed E-state index contributed by atoms with van der Waals surface area (Å²) in [5.74, 6) is 0. The van der Waals surface area contributed by atoms with Gasteiger partial charge in [-0.15, -0.1) is 0 Å². The van der Waals surface area contributed by atoms with Gasteiger partial charge in [-0.05, 0) is 30.9 Å². The molecule has 0 spiro atoms. The van der Waals surface area contributed by atoms with Crippen molar-refractivity contribution < 1.29 is 0 Å². The van der Waals surface area contributed by atoms with E-state index in [1.165, 1.54) is 37.4 Å². The Hall–Kier alpha value is -0.690. The van der Waals surface area contributed by atoms with Crippen molar-refractivity contribution in [2.75, 3.05) is 12.8 Å². The average molecular weight is 211 g/mol. The molecule has 0 radical (unpaired) electrons. The Balaban J connectivity index is 2.46. The van der Waals surface area contributed by atoms with Gasteiger partial charge in [0.1, 0.15) is 0 Å². The quantitative estimate of drug-likeness (QED) is 0.337. The van der Waals surface area contributed by atoms with E-state index in [9.17, 15) is 0 Å². The lowest BCUT2D eigenvalue weighted by molar-refractivity contribution is 0.139. The second-order valence-electron chi connectivity index (χ2n) is 3.77. The topological polar surface area (TPSA) is 48.2 Å². The Morgan fingerprint density at radius 2 is 2.36 bits per heavy atom. The van der Waals surface area contributed by atoms with Gasteiger partial charge in [-0.1, -0.05) is 25.1 Å². The van der Waals surface area contributed by atoms with E-state index in [-0.39, 0.29) is 0 Å². The average Bonchev–Trinajstić information content (AvgIpc) is 2.15. The lowest BCUT2D eigenvalue weighted by Crippen LogP contribution is -2.32. The van der Waals surface area contributed by atoms with Crippen LogP contribution in [0.3, 0.4) is 0 Å². The van der Waals surface area contributed by atoms with Crippen LogP contribution in [0.1, 0.15) is 32.6 Å². The van der Waals surface area contributed by atoms with Gasteiger partial charge in [0.25, 0.3) is 0 Å². The van der Waals surface area contributed by atoms with Crippen LogP contribution in [0.2, 0.25) is 0 Å². The zero-order chi connectivity index (χ0) is 10.4. The van der Waals surface area contributed by atoms with E-state index in [1.807, 2.05) is 12.4 Å². The molecule has 0 aromatic carbocycles. The fraction of sp³-hybridized carbons (Fsp3) is 0.800. The lowest BCUT2D eigenvalue weighted by Gasteiger charge is -2.40. The highest BCUT2D eigenvalue weighted by Crippen LogP contribution is 2.43. The van der Waals surface area contributed by atoms with Gasteiger partial charge in [0.15, 0.2) is 11.4 Å². The predicted molar refractivity (Wildman–Crippen MR) is 61.1 cm³/mol. The Kier molecular flexibility index (Phi) is 4.27. The van der Waals surface area contributed by atoms with Crippen LogP contribution < -0.4 is 5.32 Å². The number of amidine groups is 1. The summed E-state index contributed by atoms with van der Waals surface area (Å²) in [6.45, 7) is 3.10. The summed E-state index contributed by atoms with van der Waals surface area (Å²) < 4.78 is 0. The first kappa shape index (κ1) is 11.4. The van der Waals surface area contributed by atoms with Crippen LogP contribution in [0, 0.1) is 16.9 Å². The fourth-order valence-corrected chi connectivity index (χ4v) is 2.08. The van der Waals surface area contributed by atoms with Gasteiger partial charge >= 0.3 is 0 Å². The largest absolute Gasteiger partial charge is 0.272 e. The third kappa shape index (κ3) is 2.65. The SMILES string of the molecule is CCC1(CN=C(NC#N)SC)CCC1. The molecule has 0 aromatic rings. The molecule has 0 aromatic heterocycles. The molecule has 4 heteroatoms. The van der Waals surface area contributed by atoms with Gasteiger partial charge in [0.05, 0.1) is 0 Å². The summed E-state index contributed by atoms with van der Waals surface area (Å²) in [4.78, 5) is 4.44. The highest BCUT2D eigenvalue weighted by molar-refractivity contribution is 8.13. The highest BCUT2D eigenvalue weighted by atomic mass is 32.2. The third-order valence-corrected chi connectivity index (χ3v) is 3.70. The Bertz CT molecular complexity index is 245. The normalized spacial score (nSPS) is 19.6. The molecule has 1 N–H and O–H groups in total. The second kappa shape index (κ2) is 5.26. The molecule has 1 aliphatic rings. The van der Waals surface area contributed by atoms with Crippen molar-refractivity contribution in [3.8, 4) is 6.19 Å². The molecule has 0 heterocycles. The molecule has 1 rings (SSSR count). The van der Waals surface area contributed by atoms with Gasteiger partial charge in [-0.3, -0.25) is 10.3 Å². The first-order chi connectivity index (χ1) is 6.76. The molecule has 0 aliphatic heterocycles. The molecule has 1 aliphatic carbocycles. The molecule has 0 amide bonds. The maximum atomic E-state index is 8.47. The summed E-state index contributed by atoms with van der Waals surface area (Å²) >= 11 is 1.50. The Morgan fingerprint density at radius 1 is 1.64 bits per heavy atom. The molecule has 3 nitrogen and oxygen atoms in total. The minimum atomic E-state index is 0.443. The minimum absolute atomic E-state index is 0.443. The van der Waals surface area contributed by atoms with Crippen molar-refractivity contribution in [1.82, 2.24) is 5.32 Å². The Labute approximate surface area is 90.0 Å². The van der Waals surface area contributed by atoms with Gasteiger partial charge in [0, 0.05) is 6.54 Å². The molecule has 78 valence electrons. The van der Waals surface area contributed by atoms with Gasteiger partial charge < -0.3 is 0 Å². The summed E-state index contributed by atoms with van der Waals surface area (Å²) in [5, 5.41) is 11.8. The van der Waals surface area contributed by atoms with Crippen LogP contribution in [0.15, 0.2) is 4.99 Å². The number of nitriles is 1. The van der Waals surface area contributed by atoms with E-state index in [0.717, 1.165) is 11.7 Å². The van der Waals surface area contributed by atoms with Crippen molar-refractivity contribution in [2.24, 2.45) is 10.4 Å². The number of nitrogens with one attached hydrogen (secondary N) is 1. The van der Waals surface area contributed by atoms with Crippen molar-refractivity contribution >= 4 is 16.9 Å². The molecule has 14 heavy (non-hydrogen) atoms. The zero-order valence-electron chi connectivity index (χ0n) is 8.84. The minimum Gasteiger partial charge on any atom is -0.272 e. The number of nitrogens with zero attached hydrogens (tertiary/aromatic N) is 2. The fourth-order valence-electron chi connectivity index (χ4n) is 1.74. The predicted octanol–water partition coefficient (Wildman–Crippen LogP) is 2.36. The molecular weight excluding hydrogens is 194 g/mol. The van der Waals surface area contributed by atoms with Crippen molar-refractivity contribution in [1.29, 1.82) is 5.26 Å². The molecule has 0 saturated heterocycles. The molecule has 1 fully saturated rings. The van der Waals surface area contributed by atoms with E-state index in [2.05, 4.69) is 17.2 Å². The van der Waals surface area contributed by atoms with Crippen LogP contribution in [-0.2, 0) is 0 Å². The van der Waals surface area contributed by atoms with E-state index >= 15 is 0 Å². The highest BCUT2D eigenvalue weighted by Gasteiger charge is 2.34. The summed E-state index contributed by atoms with van der Waals surface area (Å²) in [7, 11) is 0. The first-order valence-electron chi connectivity index (χ1n) is 5.00. The lowest BCUT2D eigenvalue weighted by atomic mass is 9.67. The molecule has 0 bridgehead atoms. The van der Waals surface area contributed by atoms with E-state index in [1.54, 1.807) is 0 Å². The molecule has 1 saturated carbocycles. The summed E-state index contributed by atoms with van der Waals surface area (Å²) in [6, 6.07) is 0. The van der Waals surface area contributed by atoms with Crippen LogP contribution in [-0.4, -0.2) is 18.0 Å². The van der Waals surface area contributed by atoms with Gasteiger partial charge in [-0.2, -0.15) is 5.26 Å². The maximum absolute atomic E-state index is 8.47. The third-order valence-electron chi connectivity index (χ3n) is 3.08. The summed E-state index contributed by atoms with van der Waals surface area (Å²) in [5.41, 5.74) is 0.443. The standard InChI is InChI=1S/C10H17N3S/c1-3-10(5-4-6-10)7-12-9(14-2)13-8-11/h3-7H2,1-2H3,(H,12,13). The number of hydrogen-bond acceptors (Lipinski definition) is 3. The van der Waals surface area contributed by atoms with Crippen molar-refractivity contribution in [3.63, 3.8) is 0 Å². The number of hydrogen-bond donors (Lipinski definition) is 1. The van der Waals surface area contributed by atoms with E-state index in [0.29, 0.717) is 5.41 Å². The van der Waals surface area contributed by atoms with Crippen molar-refractivity contribution in [3.05, 3.63) is 0 Å². The monoisotopic (exact) mass is 211 g/mol. The van der Waals surface area contributed by atoms with E-state index < -0.39 is 0 Å². The van der Waals surface area contributed by atoms with E-state index in [4.69, 9.17) is 5.26 Å². The summed E-state index contributed by atoms with van der Waals surface area (Å²) in [6.07, 6.45) is 8.96. The van der Waals surface area contributed by atoms with Crippen LogP contribution in [0.4, 0.5) is 0 Å². The van der Waals surface area contributed by atoms with Crippen molar-refractivity contribution in [2.45, 2.75) is 32.6 Å². The van der Waals surface area contributed by atoms with Crippen LogP contribution in [0.5, 0.6) is 0 Å². The molecule has 0 unspecified atom stereocenters. The smallest absolute Gasteiger partial charge is 0.183 e. The zero-order valence-corrected chi connectivity index (χ0v) is 9.65. The van der Waals surface area contributed by atoms with Crippen LogP contribution >= 0.6 is 11.8 Å².